The number of hydrogen-bond acceptors (Lipinski definition) is 3. The Hall–Kier alpha value is -2.07. The highest BCUT2D eigenvalue weighted by Crippen LogP contribution is 2.31. The molecule has 0 aliphatic heterocycles. The summed E-state index contributed by atoms with van der Waals surface area (Å²) in [6.45, 7) is 1.94. The summed E-state index contributed by atoms with van der Waals surface area (Å²) in [6.07, 6.45) is 1.26. The second-order valence-corrected chi connectivity index (χ2v) is 4.36. The van der Waals surface area contributed by atoms with Crippen LogP contribution in [0.5, 0.6) is 0 Å². The summed E-state index contributed by atoms with van der Waals surface area (Å²) in [7, 11) is 0. The zero-order valence-corrected chi connectivity index (χ0v) is 10.4. The summed E-state index contributed by atoms with van der Waals surface area (Å²) >= 11 is 0. The lowest BCUT2D eigenvalue weighted by Crippen LogP contribution is -1.99. The van der Waals surface area contributed by atoms with Crippen LogP contribution in [0.1, 0.15) is 30.1 Å². The van der Waals surface area contributed by atoms with Crippen molar-refractivity contribution in [3.8, 4) is 0 Å². The van der Waals surface area contributed by atoms with Gasteiger partial charge in [0.15, 0.2) is 11.4 Å². The molecule has 0 aliphatic rings. The number of benzene rings is 1. The minimum Gasteiger partial charge on any atom is -0.469 e. The van der Waals surface area contributed by atoms with Crippen molar-refractivity contribution >= 4 is 11.0 Å². The van der Waals surface area contributed by atoms with E-state index in [0.29, 0.717) is 28.9 Å². The summed E-state index contributed by atoms with van der Waals surface area (Å²) in [5, 5.41) is 10.9. The summed E-state index contributed by atoms with van der Waals surface area (Å²) < 4.78 is 24.3. The fraction of sp³-hybridized carbons (Fsp3) is 0.200. The summed E-state index contributed by atoms with van der Waals surface area (Å²) in [5.41, 5.74) is 0.819. The van der Waals surface area contributed by atoms with Crippen LogP contribution in [0, 0.1) is 5.82 Å². The smallest absolute Gasteiger partial charge is 0.170 e. The molecule has 2 heterocycles. The first-order chi connectivity index (χ1) is 9.20. The lowest BCUT2D eigenvalue weighted by Gasteiger charge is -2.06. The van der Waals surface area contributed by atoms with Crippen molar-refractivity contribution in [3.63, 3.8) is 0 Å². The average Bonchev–Trinajstić information content (AvgIpc) is 3.04. The predicted molar refractivity (Wildman–Crippen MR) is 68.3 cm³/mol. The SMILES string of the molecule is CCc1occc1C(O)c1cc2cccc(F)c2o1. The second-order valence-electron chi connectivity index (χ2n) is 4.36. The largest absolute Gasteiger partial charge is 0.469 e. The molecule has 19 heavy (non-hydrogen) atoms. The van der Waals surface area contributed by atoms with Crippen molar-refractivity contribution in [1.82, 2.24) is 0 Å². The number of aliphatic hydroxyl groups is 1. The van der Waals surface area contributed by atoms with Crippen molar-refractivity contribution in [2.45, 2.75) is 19.4 Å². The third kappa shape index (κ3) is 1.94. The van der Waals surface area contributed by atoms with Crippen LogP contribution in [0.25, 0.3) is 11.0 Å². The van der Waals surface area contributed by atoms with Gasteiger partial charge in [0, 0.05) is 17.4 Å². The van der Waals surface area contributed by atoms with Crippen molar-refractivity contribution in [3.05, 3.63) is 59.5 Å². The van der Waals surface area contributed by atoms with Gasteiger partial charge in [0.05, 0.1) is 6.26 Å². The molecule has 0 fully saturated rings. The monoisotopic (exact) mass is 260 g/mol. The Balaban J connectivity index is 2.07. The molecular formula is C15H13FO3. The highest BCUT2D eigenvalue weighted by Gasteiger charge is 2.21. The summed E-state index contributed by atoms with van der Waals surface area (Å²) in [4.78, 5) is 0. The van der Waals surface area contributed by atoms with Crippen LogP contribution in [0.4, 0.5) is 4.39 Å². The lowest BCUT2D eigenvalue weighted by molar-refractivity contribution is 0.189. The zero-order valence-electron chi connectivity index (χ0n) is 10.4. The normalized spacial score (nSPS) is 13.0. The Morgan fingerprint density at radius 2 is 2.16 bits per heavy atom. The van der Waals surface area contributed by atoms with Gasteiger partial charge in [-0.3, -0.25) is 0 Å². The number of fused-ring (bicyclic) bond motifs is 1. The van der Waals surface area contributed by atoms with Crippen molar-refractivity contribution < 1.29 is 18.3 Å². The van der Waals surface area contributed by atoms with Crippen LogP contribution >= 0.6 is 0 Å². The molecule has 0 bridgehead atoms. The highest BCUT2D eigenvalue weighted by atomic mass is 19.1. The van der Waals surface area contributed by atoms with E-state index in [9.17, 15) is 9.50 Å². The van der Waals surface area contributed by atoms with Crippen molar-refractivity contribution in [1.29, 1.82) is 0 Å². The molecule has 0 amide bonds. The van der Waals surface area contributed by atoms with E-state index in [-0.39, 0.29) is 5.58 Å². The Labute approximate surface area is 109 Å². The molecule has 1 atom stereocenters. The lowest BCUT2D eigenvalue weighted by atomic mass is 10.1. The molecule has 3 nitrogen and oxygen atoms in total. The van der Waals surface area contributed by atoms with E-state index in [1.165, 1.54) is 12.3 Å². The van der Waals surface area contributed by atoms with E-state index in [1.807, 2.05) is 6.92 Å². The maximum absolute atomic E-state index is 13.6. The number of aryl methyl sites for hydroxylation is 1. The van der Waals surface area contributed by atoms with Gasteiger partial charge in [0.1, 0.15) is 17.6 Å². The molecular weight excluding hydrogens is 247 g/mol. The molecule has 4 heteroatoms. The van der Waals surface area contributed by atoms with E-state index in [1.54, 1.807) is 24.3 Å². The van der Waals surface area contributed by atoms with Crippen LogP contribution in [-0.2, 0) is 6.42 Å². The van der Waals surface area contributed by atoms with E-state index in [2.05, 4.69) is 0 Å². The van der Waals surface area contributed by atoms with E-state index in [0.717, 1.165) is 0 Å². The number of furan rings is 2. The predicted octanol–water partition coefficient (Wildman–Crippen LogP) is 3.81. The second kappa shape index (κ2) is 4.55. The molecule has 3 aromatic rings. The van der Waals surface area contributed by atoms with Crippen LogP contribution in [0.3, 0.4) is 0 Å². The fourth-order valence-corrected chi connectivity index (χ4v) is 2.22. The quantitative estimate of drug-likeness (QED) is 0.779. The van der Waals surface area contributed by atoms with Gasteiger partial charge in [-0.25, -0.2) is 4.39 Å². The number of hydrogen-bond donors (Lipinski definition) is 1. The molecule has 2 aromatic heterocycles. The first-order valence-electron chi connectivity index (χ1n) is 6.13. The van der Waals surface area contributed by atoms with Crippen molar-refractivity contribution in [2.24, 2.45) is 0 Å². The maximum atomic E-state index is 13.6. The fourth-order valence-electron chi connectivity index (χ4n) is 2.22. The molecule has 0 spiro atoms. The van der Waals surface area contributed by atoms with Gasteiger partial charge in [0.25, 0.3) is 0 Å². The van der Waals surface area contributed by atoms with Gasteiger partial charge in [-0.05, 0) is 18.2 Å². The number of para-hydroxylation sites is 1. The first-order valence-corrected chi connectivity index (χ1v) is 6.13. The molecule has 98 valence electrons. The maximum Gasteiger partial charge on any atom is 0.170 e. The van der Waals surface area contributed by atoms with E-state index >= 15 is 0 Å². The number of aliphatic hydroxyl groups excluding tert-OH is 1. The molecule has 0 radical (unpaired) electrons. The Kier molecular flexibility index (Phi) is 2.87. The Morgan fingerprint density at radius 1 is 1.32 bits per heavy atom. The zero-order chi connectivity index (χ0) is 13.4. The molecule has 1 unspecified atom stereocenters. The van der Waals surface area contributed by atoms with Gasteiger partial charge < -0.3 is 13.9 Å². The van der Waals surface area contributed by atoms with Gasteiger partial charge in [0.2, 0.25) is 0 Å². The number of rotatable bonds is 3. The van der Waals surface area contributed by atoms with Crippen LogP contribution < -0.4 is 0 Å². The Bertz CT molecular complexity index is 711. The minimum absolute atomic E-state index is 0.165. The molecule has 1 N–H and O–H groups in total. The van der Waals surface area contributed by atoms with Gasteiger partial charge >= 0.3 is 0 Å². The van der Waals surface area contributed by atoms with E-state index < -0.39 is 11.9 Å². The van der Waals surface area contributed by atoms with Gasteiger partial charge in [-0.1, -0.05) is 19.1 Å². The van der Waals surface area contributed by atoms with Gasteiger partial charge in [-0.15, -0.1) is 0 Å². The van der Waals surface area contributed by atoms with Crippen LogP contribution in [0.15, 0.2) is 45.4 Å². The average molecular weight is 260 g/mol. The third-order valence-corrected chi connectivity index (χ3v) is 3.18. The highest BCUT2D eigenvalue weighted by molar-refractivity contribution is 5.78. The number of halogens is 1. The first kappa shape index (κ1) is 12.0. The van der Waals surface area contributed by atoms with Gasteiger partial charge in [-0.2, -0.15) is 0 Å². The Morgan fingerprint density at radius 3 is 2.89 bits per heavy atom. The van der Waals surface area contributed by atoms with E-state index in [4.69, 9.17) is 8.83 Å². The topological polar surface area (TPSA) is 46.5 Å². The molecule has 3 rings (SSSR count). The van der Waals surface area contributed by atoms with Crippen LogP contribution in [-0.4, -0.2) is 5.11 Å². The summed E-state index contributed by atoms with van der Waals surface area (Å²) in [5.74, 6) is 0.587. The molecule has 0 aliphatic carbocycles. The third-order valence-electron chi connectivity index (χ3n) is 3.18. The van der Waals surface area contributed by atoms with Crippen LogP contribution in [0.2, 0.25) is 0 Å². The summed E-state index contributed by atoms with van der Waals surface area (Å²) in [6, 6.07) is 8.03. The minimum atomic E-state index is -0.944. The molecule has 0 saturated heterocycles. The van der Waals surface area contributed by atoms with Crippen molar-refractivity contribution in [2.75, 3.05) is 0 Å². The molecule has 1 aromatic carbocycles. The molecule has 0 saturated carbocycles. The standard InChI is InChI=1S/C15H13FO3/c1-2-12-10(6-7-18-12)14(17)13-8-9-4-3-5-11(16)15(9)19-13/h3-8,14,17H,2H2,1H3.